The first-order valence-electron chi connectivity index (χ1n) is 7.18. The zero-order valence-electron chi connectivity index (χ0n) is 12.1. The summed E-state index contributed by atoms with van der Waals surface area (Å²) in [5.41, 5.74) is 1.05. The Hall–Kier alpha value is -2.11. The number of nitrogens with zero attached hydrogens (tertiary/aromatic N) is 2. The van der Waals surface area contributed by atoms with Crippen LogP contribution in [-0.2, 0) is 4.79 Å². The van der Waals surface area contributed by atoms with Gasteiger partial charge in [0, 0.05) is 37.3 Å². The van der Waals surface area contributed by atoms with Gasteiger partial charge in [0.15, 0.2) is 0 Å². The molecule has 1 heterocycles. The van der Waals surface area contributed by atoms with E-state index < -0.39 is 10.9 Å². The van der Waals surface area contributed by atoms with Crippen LogP contribution in [-0.4, -0.2) is 29.1 Å². The van der Waals surface area contributed by atoms with Crippen LogP contribution in [0.1, 0.15) is 26.2 Å². The van der Waals surface area contributed by atoms with E-state index in [1.807, 2.05) is 6.92 Å². The number of nitro benzene ring substituents is 1. The number of benzene rings is 1. The molecule has 2 rings (SSSR count). The smallest absolute Gasteiger partial charge is 0.303 e. The van der Waals surface area contributed by atoms with E-state index in [0.717, 1.165) is 31.6 Å². The lowest BCUT2D eigenvalue weighted by atomic mass is 9.84. The quantitative estimate of drug-likeness (QED) is 0.666. The van der Waals surface area contributed by atoms with Crippen molar-refractivity contribution in [1.82, 2.24) is 0 Å². The lowest BCUT2D eigenvalue weighted by molar-refractivity contribution is -0.384. The molecular weight excluding hydrogens is 272 g/mol. The molecular formula is C15H20N2O4. The summed E-state index contributed by atoms with van der Waals surface area (Å²) in [5, 5.41) is 19.6. The molecule has 0 saturated carbocycles. The second-order valence-electron chi connectivity index (χ2n) is 5.70. The monoisotopic (exact) mass is 292 g/mol. The number of aliphatic carboxylic acids is 1. The SMILES string of the molecule is CC(CC(=O)O)C1CCCN(c2ccc([N+](=O)[O-])cc2)C1. The van der Waals surface area contributed by atoms with Crippen molar-refractivity contribution in [3.8, 4) is 0 Å². The standard InChI is InChI=1S/C15H20N2O4/c1-11(9-15(18)19)12-3-2-8-16(10-12)13-4-6-14(7-5-13)17(20)21/h4-7,11-12H,2-3,8-10H2,1H3,(H,18,19). The molecule has 114 valence electrons. The predicted molar refractivity (Wildman–Crippen MR) is 79.5 cm³/mol. The number of hydrogen-bond donors (Lipinski definition) is 1. The normalized spacial score (nSPS) is 20.0. The molecule has 0 aliphatic carbocycles. The third-order valence-electron chi connectivity index (χ3n) is 4.18. The summed E-state index contributed by atoms with van der Waals surface area (Å²) in [5.74, 6) is -0.261. The Morgan fingerprint density at radius 1 is 1.48 bits per heavy atom. The number of carboxylic acid groups (broad SMARTS) is 1. The Bertz CT molecular complexity index is 515. The lowest BCUT2D eigenvalue weighted by Gasteiger charge is -2.36. The van der Waals surface area contributed by atoms with Crippen LogP contribution >= 0.6 is 0 Å². The van der Waals surface area contributed by atoms with Gasteiger partial charge >= 0.3 is 5.97 Å². The van der Waals surface area contributed by atoms with Crippen LogP contribution in [0.5, 0.6) is 0 Å². The molecule has 1 saturated heterocycles. The van der Waals surface area contributed by atoms with E-state index in [1.54, 1.807) is 12.1 Å². The third-order valence-corrected chi connectivity index (χ3v) is 4.18. The highest BCUT2D eigenvalue weighted by atomic mass is 16.6. The van der Waals surface area contributed by atoms with Gasteiger partial charge < -0.3 is 10.0 Å². The van der Waals surface area contributed by atoms with Crippen molar-refractivity contribution in [3.63, 3.8) is 0 Å². The topological polar surface area (TPSA) is 83.7 Å². The first-order valence-corrected chi connectivity index (χ1v) is 7.18. The van der Waals surface area contributed by atoms with Crippen LogP contribution in [0.2, 0.25) is 0 Å². The van der Waals surface area contributed by atoms with Crippen LogP contribution in [0.4, 0.5) is 11.4 Å². The fraction of sp³-hybridized carbons (Fsp3) is 0.533. The Morgan fingerprint density at radius 2 is 2.14 bits per heavy atom. The summed E-state index contributed by atoms with van der Waals surface area (Å²) >= 11 is 0. The minimum atomic E-state index is -0.755. The number of piperidine rings is 1. The largest absolute Gasteiger partial charge is 0.481 e. The predicted octanol–water partition coefficient (Wildman–Crippen LogP) is 2.92. The molecule has 1 aliphatic heterocycles. The van der Waals surface area contributed by atoms with Crippen molar-refractivity contribution in [1.29, 1.82) is 0 Å². The van der Waals surface area contributed by atoms with Crippen LogP contribution in [0.3, 0.4) is 0 Å². The molecule has 2 unspecified atom stereocenters. The minimum absolute atomic E-state index is 0.0894. The van der Waals surface area contributed by atoms with Crippen molar-refractivity contribution in [3.05, 3.63) is 34.4 Å². The first-order chi connectivity index (χ1) is 9.97. The second kappa shape index (κ2) is 6.56. The van der Waals surface area contributed by atoms with Gasteiger partial charge in [0.1, 0.15) is 0 Å². The Kier molecular flexibility index (Phi) is 4.77. The molecule has 6 heteroatoms. The maximum absolute atomic E-state index is 10.8. The molecule has 1 aliphatic rings. The van der Waals surface area contributed by atoms with Crippen LogP contribution in [0.25, 0.3) is 0 Å². The highest BCUT2D eigenvalue weighted by molar-refractivity contribution is 5.67. The molecule has 6 nitrogen and oxygen atoms in total. The number of rotatable bonds is 5. The van der Waals surface area contributed by atoms with Crippen molar-refractivity contribution >= 4 is 17.3 Å². The van der Waals surface area contributed by atoms with E-state index in [-0.39, 0.29) is 18.0 Å². The van der Waals surface area contributed by atoms with E-state index in [0.29, 0.717) is 5.92 Å². The van der Waals surface area contributed by atoms with Crippen LogP contribution in [0, 0.1) is 22.0 Å². The summed E-state index contributed by atoms with van der Waals surface area (Å²) in [6, 6.07) is 6.56. The van der Waals surface area contributed by atoms with Gasteiger partial charge in [-0.1, -0.05) is 6.92 Å². The van der Waals surface area contributed by atoms with Crippen molar-refractivity contribution in [2.24, 2.45) is 11.8 Å². The molecule has 2 atom stereocenters. The van der Waals surface area contributed by atoms with E-state index in [9.17, 15) is 14.9 Å². The zero-order chi connectivity index (χ0) is 15.4. The van der Waals surface area contributed by atoms with Gasteiger partial charge in [0.2, 0.25) is 0 Å². The molecule has 0 spiro atoms. The maximum Gasteiger partial charge on any atom is 0.303 e. The van der Waals surface area contributed by atoms with Gasteiger partial charge in [-0.25, -0.2) is 0 Å². The molecule has 1 aromatic carbocycles. The Balaban J connectivity index is 2.03. The molecule has 0 bridgehead atoms. The number of nitro groups is 1. The fourth-order valence-electron chi connectivity index (χ4n) is 2.94. The average molecular weight is 292 g/mol. The summed E-state index contributed by atoms with van der Waals surface area (Å²) in [6.07, 6.45) is 2.25. The number of carbonyl (C=O) groups is 1. The summed E-state index contributed by atoms with van der Waals surface area (Å²) in [6.45, 7) is 3.71. The van der Waals surface area contributed by atoms with E-state index in [4.69, 9.17) is 5.11 Å². The van der Waals surface area contributed by atoms with Crippen molar-refractivity contribution in [2.45, 2.75) is 26.2 Å². The fourth-order valence-corrected chi connectivity index (χ4v) is 2.94. The van der Waals surface area contributed by atoms with Crippen molar-refractivity contribution < 1.29 is 14.8 Å². The molecule has 1 fully saturated rings. The number of non-ortho nitro benzene ring substituents is 1. The molecule has 21 heavy (non-hydrogen) atoms. The van der Waals surface area contributed by atoms with Crippen molar-refractivity contribution in [2.75, 3.05) is 18.0 Å². The highest BCUT2D eigenvalue weighted by Crippen LogP contribution is 2.30. The molecule has 0 aromatic heterocycles. The van der Waals surface area contributed by atoms with Crippen LogP contribution < -0.4 is 4.90 Å². The van der Waals surface area contributed by atoms with Gasteiger partial charge in [0.05, 0.1) is 4.92 Å². The number of hydrogen-bond acceptors (Lipinski definition) is 4. The van der Waals surface area contributed by atoms with Gasteiger partial charge in [0.25, 0.3) is 5.69 Å². The summed E-state index contributed by atoms with van der Waals surface area (Å²) in [7, 11) is 0. The third kappa shape index (κ3) is 3.93. The maximum atomic E-state index is 10.8. The summed E-state index contributed by atoms with van der Waals surface area (Å²) in [4.78, 5) is 23.3. The van der Waals surface area contributed by atoms with Gasteiger partial charge in [-0.05, 0) is 36.8 Å². The van der Waals surface area contributed by atoms with Gasteiger partial charge in [-0.15, -0.1) is 0 Å². The molecule has 0 amide bonds. The molecule has 1 N–H and O–H groups in total. The number of carboxylic acids is 1. The first kappa shape index (κ1) is 15.3. The molecule has 1 aromatic rings. The average Bonchev–Trinajstić information content (AvgIpc) is 2.47. The van der Waals surface area contributed by atoms with Gasteiger partial charge in [-0.2, -0.15) is 0 Å². The Labute approximate surface area is 123 Å². The zero-order valence-corrected chi connectivity index (χ0v) is 12.1. The summed E-state index contributed by atoms with van der Waals surface area (Å²) < 4.78 is 0. The van der Waals surface area contributed by atoms with E-state index >= 15 is 0 Å². The Morgan fingerprint density at radius 3 is 2.71 bits per heavy atom. The molecule has 0 radical (unpaired) electrons. The van der Waals surface area contributed by atoms with E-state index in [2.05, 4.69) is 4.90 Å². The highest BCUT2D eigenvalue weighted by Gasteiger charge is 2.26. The lowest BCUT2D eigenvalue weighted by Crippen LogP contribution is -2.38. The van der Waals surface area contributed by atoms with Crippen LogP contribution in [0.15, 0.2) is 24.3 Å². The second-order valence-corrected chi connectivity index (χ2v) is 5.70. The minimum Gasteiger partial charge on any atom is -0.481 e. The van der Waals surface area contributed by atoms with Gasteiger partial charge in [-0.3, -0.25) is 14.9 Å². The van der Waals surface area contributed by atoms with E-state index in [1.165, 1.54) is 12.1 Å². The number of anilines is 1.